The van der Waals surface area contributed by atoms with Crippen molar-refractivity contribution in [3.05, 3.63) is 24.0 Å². The maximum Gasteiger partial charge on any atom is 0.249 e. The molecule has 1 heterocycles. The number of hydrogen-bond donors (Lipinski definition) is 2. The number of carbonyl (C=O) groups is 2. The number of anilines is 1. The molecular weight excluding hydrogens is 239 g/mol. The van der Waals surface area contributed by atoms with E-state index in [4.69, 9.17) is 4.74 Å². The van der Waals surface area contributed by atoms with Crippen molar-refractivity contribution in [1.82, 2.24) is 5.32 Å². The Morgan fingerprint density at radius 2 is 2.22 bits per heavy atom. The Balaban J connectivity index is 2.09. The van der Waals surface area contributed by atoms with Crippen LogP contribution in [-0.4, -0.2) is 25.0 Å². The van der Waals surface area contributed by atoms with Gasteiger partial charge in [-0.1, -0.05) is 0 Å². The van der Waals surface area contributed by atoms with Crippen LogP contribution in [0, 0.1) is 5.82 Å². The molecule has 6 heteroatoms. The fraction of sp³-hybridized carbons (Fsp3) is 0.333. The third kappa shape index (κ3) is 2.58. The molecule has 0 bridgehead atoms. The van der Waals surface area contributed by atoms with Gasteiger partial charge in [0.25, 0.3) is 0 Å². The number of amides is 2. The Labute approximate surface area is 103 Å². The first kappa shape index (κ1) is 12.3. The molecule has 1 unspecified atom stereocenters. The molecule has 0 saturated carbocycles. The first-order valence-corrected chi connectivity index (χ1v) is 5.54. The van der Waals surface area contributed by atoms with Crippen molar-refractivity contribution in [3.63, 3.8) is 0 Å². The summed E-state index contributed by atoms with van der Waals surface area (Å²) in [5.74, 6) is -0.824. The van der Waals surface area contributed by atoms with E-state index >= 15 is 0 Å². The van der Waals surface area contributed by atoms with Crippen molar-refractivity contribution in [2.45, 2.75) is 18.9 Å². The Hall–Kier alpha value is -2.11. The van der Waals surface area contributed by atoms with Gasteiger partial charge < -0.3 is 10.1 Å². The van der Waals surface area contributed by atoms with E-state index in [-0.39, 0.29) is 18.0 Å². The maximum atomic E-state index is 13.7. The molecule has 1 atom stereocenters. The zero-order valence-corrected chi connectivity index (χ0v) is 9.83. The lowest BCUT2D eigenvalue weighted by atomic mass is 10.1. The molecule has 0 aromatic heterocycles. The van der Waals surface area contributed by atoms with E-state index in [1.165, 1.54) is 19.2 Å². The molecule has 2 amide bonds. The lowest BCUT2D eigenvalue weighted by Crippen LogP contribution is -2.47. The van der Waals surface area contributed by atoms with E-state index in [0.717, 1.165) is 0 Å². The summed E-state index contributed by atoms with van der Waals surface area (Å²) in [6, 6.07) is 3.73. The lowest BCUT2D eigenvalue weighted by Gasteiger charge is -2.23. The number of halogens is 1. The number of hydrogen-bond acceptors (Lipinski definition) is 4. The largest absolute Gasteiger partial charge is 0.497 e. The van der Waals surface area contributed by atoms with Crippen molar-refractivity contribution in [2.75, 3.05) is 12.4 Å². The molecule has 0 spiro atoms. The summed E-state index contributed by atoms with van der Waals surface area (Å²) >= 11 is 0. The van der Waals surface area contributed by atoms with E-state index in [1.54, 1.807) is 6.07 Å². The number of piperidine rings is 1. The van der Waals surface area contributed by atoms with Crippen molar-refractivity contribution in [2.24, 2.45) is 0 Å². The van der Waals surface area contributed by atoms with E-state index < -0.39 is 17.8 Å². The van der Waals surface area contributed by atoms with Gasteiger partial charge in [-0.05, 0) is 18.6 Å². The fourth-order valence-corrected chi connectivity index (χ4v) is 1.76. The molecule has 1 aromatic rings. The highest BCUT2D eigenvalue weighted by Crippen LogP contribution is 2.22. The third-order valence-corrected chi connectivity index (χ3v) is 2.75. The van der Waals surface area contributed by atoms with Gasteiger partial charge in [-0.15, -0.1) is 0 Å². The SMILES string of the molecule is COc1ccc(NC2CCC(=O)NC2=O)c(F)c1. The molecular formula is C12H13FN2O3. The predicted molar refractivity (Wildman–Crippen MR) is 62.7 cm³/mol. The maximum absolute atomic E-state index is 13.7. The van der Waals surface area contributed by atoms with Gasteiger partial charge in [0.05, 0.1) is 12.8 Å². The average Bonchev–Trinajstić information content (AvgIpc) is 2.34. The van der Waals surface area contributed by atoms with E-state index in [1.807, 2.05) is 0 Å². The van der Waals surface area contributed by atoms with E-state index in [2.05, 4.69) is 10.6 Å². The van der Waals surface area contributed by atoms with Gasteiger partial charge in [-0.3, -0.25) is 14.9 Å². The summed E-state index contributed by atoms with van der Waals surface area (Å²) in [7, 11) is 1.45. The zero-order chi connectivity index (χ0) is 13.1. The highest BCUT2D eigenvalue weighted by atomic mass is 19.1. The molecule has 0 radical (unpaired) electrons. The minimum absolute atomic E-state index is 0.213. The molecule has 1 fully saturated rings. The van der Waals surface area contributed by atoms with E-state index in [0.29, 0.717) is 12.2 Å². The summed E-state index contributed by atoms with van der Waals surface area (Å²) < 4.78 is 18.5. The first-order valence-electron chi connectivity index (χ1n) is 5.54. The molecule has 96 valence electrons. The predicted octanol–water partition coefficient (Wildman–Crippen LogP) is 1.05. The number of methoxy groups -OCH3 is 1. The summed E-state index contributed by atoms with van der Waals surface area (Å²) in [5, 5.41) is 4.98. The molecule has 1 aliphatic rings. The number of carbonyl (C=O) groups excluding carboxylic acids is 2. The summed E-state index contributed by atoms with van der Waals surface area (Å²) in [6.45, 7) is 0. The standard InChI is InChI=1S/C12H13FN2O3/c1-18-7-2-3-9(8(13)6-7)14-10-4-5-11(16)15-12(10)17/h2-3,6,10,14H,4-5H2,1H3,(H,15,16,17). The average molecular weight is 252 g/mol. The Bertz CT molecular complexity index is 490. The summed E-state index contributed by atoms with van der Waals surface area (Å²) in [5.41, 5.74) is 0.213. The van der Waals surface area contributed by atoms with Crippen molar-refractivity contribution < 1.29 is 18.7 Å². The Morgan fingerprint density at radius 1 is 1.44 bits per heavy atom. The number of nitrogens with one attached hydrogen (secondary N) is 2. The second kappa shape index (κ2) is 5.03. The van der Waals surface area contributed by atoms with Crippen LogP contribution >= 0.6 is 0 Å². The number of rotatable bonds is 3. The van der Waals surface area contributed by atoms with Crippen molar-refractivity contribution >= 4 is 17.5 Å². The molecule has 2 N–H and O–H groups in total. The first-order chi connectivity index (χ1) is 8.60. The van der Waals surface area contributed by atoms with Crippen molar-refractivity contribution in [1.29, 1.82) is 0 Å². The van der Waals surface area contributed by atoms with Gasteiger partial charge >= 0.3 is 0 Å². The summed E-state index contributed by atoms with van der Waals surface area (Å²) in [6.07, 6.45) is 0.608. The van der Waals surface area contributed by atoms with Crippen molar-refractivity contribution in [3.8, 4) is 5.75 Å². The molecule has 0 aliphatic carbocycles. The second-order valence-corrected chi connectivity index (χ2v) is 3.99. The zero-order valence-electron chi connectivity index (χ0n) is 9.83. The minimum Gasteiger partial charge on any atom is -0.497 e. The van der Waals surface area contributed by atoms with Crippen LogP contribution in [-0.2, 0) is 9.59 Å². The molecule has 1 saturated heterocycles. The molecule has 5 nitrogen and oxygen atoms in total. The van der Waals surface area contributed by atoms with Gasteiger partial charge in [0.1, 0.15) is 17.6 Å². The Kier molecular flexibility index (Phi) is 3.45. The Morgan fingerprint density at radius 3 is 2.83 bits per heavy atom. The highest BCUT2D eigenvalue weighted by Gasteiger charge is 2.26. The number of benzene rings is 1. The fourth-order valence-electron chi connectivity index (χ4n) is 1.76. The van der Waals surface area contributed by atoms with Gasteiger partial charge in [0, 0.05) is 12.5 Å². The topological polar surface area (TPSA) is 67.4 Å². The van der Waals surface area contributed by atoms with Gasteiger partial charge in [0.2, 0.25) is 11.8 Å². The number of imide groups is 1. The highest BCUT2D eigenvalue weighted by molar-refractivity contribution is 6.01. The quantitative estimate of drug-likeness (QED) is 0.789. The number of ether oxygens (including phenoxy) is 1. The molecule has 18 heavy (non-hydrogen) atoms. The van der Waals surface area contributed by atoms with E-state index in [9.17, 15) is 14.0 Å². The normalized spacial score (nSPS) is 19.3. The van der Waals surface area contributed by atoms with Crippen LogP contribution < -0.4 is 15.4 Å². The van der Waals surface area contributed by atoms with Gasteiger partial charge in [0.15, 0.2) is 0 Å². The van der Waals surface area contributed by atoms with Crippen LogP contribution in [0.5, 0.6) is 5.75 Å². The van der Waals surface area contributed by atoms with Crippen LogP contribution in [0.1, 0.15) is 12.8 Å². The summed E-state index contributed by atoms with van der Waals surface area (Å²) in [4.78, 5) is 22.5. The lowest BCUT2D eigenvalue weighted by molar-refractivity contribution is -0.133. The minimum atomic E-state index is -0.592. The van der Waals surface area contributed by atoms with Crippen LogP contribution in [0.4, 0.5) is 10.1 Å². The smallest absolute Gasteiger partial charge is 0.249 e. The molecule has 1 aliphatic heterocycles. The third-order valence-electron chi connectivity index (χ3n) is 2.75. The second-order valence-electron chi connectivity index (χ2n) is 3.99. The van der Waals surface area contributed by atoms with Crippen LogP contribution in [0.2, 0.25) is 0 Å². The van der Waals surface area contributed by atoms with Crippen LogP contribution in [0.15, 0.2) is 18.2 Å². The van der Waals surface area contributed by atoms with Gasteiger partial charge in [-0.25, -0.2) is 4.39 Å². The molecule has 1 aromatic carbocycles. The van der Waals surface area contributed by atoms with Crippen LogP contribution in [0.25, 0.3) is 0 Å². The van der Waals surface area contributed by atoms with Gasteiger partial charge in [-0.2, -0.15) is 0 Å². The van der Waals surface area contributed by atoms with Crippen LogP contribution in [0.3, 0.4) is 0 Å². The monoisotopic (exact) mass is 252 g/mol. The molecule has 2 rings (SSSR count).